The maximum atomic E-state index is 12.1. The number of sulfonamides is 1. The Morgan fingerprint density at radius 3 is 2.62 bits per heavy atom. The third-order valence-corrected chi connectivity index (χ3v) is 5.46. The summed E-state index contributed by atoms with van der Waals surface area (Å²) in [6.07, 6.45) is 0. The summed E-state index contributed by atoms with van der Waals surface area (Å²) in [6, 6.07) is 9.08. The quantitative estimate of drug-likeness (QED) is 0.538. The van der Waals surface area contributed by atoms with E-state index >= 15 is 0 Å². The summed E-state index contributed by atoms with van der Waals surface area (Å²) in [7, 11) is -3.79. The van der Waals surface area contributed by atoms with Crippen LogP contribution in [-0.4, -0.2) is 37.7 Å². The summed E-state index contributed by atoms with van der Waals surface area (Å²) < 4.78 is 31.8. The van der Waals surface area contributed by atoms with Crippen LogP contribution in [0.25, 0.3) is 0 Å². The van der Waals surface area contributed by atoms with Crippen molar-refractivity contribution in [2.75, 3.05) is 18.5 Å². The second-order valence-electron chi connectivity index (χ2n) is 5.08. The van der Waals surface area contributed by atoms with Crippen LogP contribution in [0.3, 0.4) is 0 Å². The van der Waals surface area contributed by atoms with Crippen molar-refractivity contribution in [3.05, 3.63) is 30.3 Å². The Labute approximate surface area is 144 Å². The van der Waals surface area contributed by atoms with Gasteiger partial charge in [0.1, 0.15) is 12.4 Å². The lowest BCUT2D eigenvalue weighted by molar-refractivity contribution is -0.118. The number of ether oxygens (including phenoxy) is 1. The first-order chi connectivity index (χ1) is 11.4. The van der Waals surface area contributed by atoms with E-state index in [2.05, 4.69) is 20.2 Å². The monoisotopic (exact) mass is 370 g/mol. The van der Waals surface area contributed by atoms with Gasteiger partial charge in [-0.1, -0.05) is 43.4 Å². The minimum absolute atomic E-state index is 0.0878. The third-order valence-electron chi connectivity index (χ3n) is 2.80. The van der Waals surface area contributed by atoms with Crippen LogP contribution in [0.15, 0.2) is 34.7 Å². The highest BCUT2D eigenvalue weighted by molar-refractivity contribution is 7.91. The number of benzene rings is 1. The Morgan fingerprint density at radius 1 is 1.25 bits per heavy atom. The second-order valence-corrected chi connectivity index (χ2v) is 7.99. The molecule has 130 valence electrons. The van der Waals surface area contributed by atoms with Crippen molar-refractivity contribution >= 4 is 32.4 Å². The highest BCUT2D eigenvalue weighted by Gasteiger charge is 2.21. The number of anilines is 1. The topological polar surface area (TPSA) is 110 Å². The van der Waals surface area contributed by atoms with Gasteiger partial charge in [0.25, 0.3) is 10.0 Å². The predicted octanol–water partition coefficient (Wildman–Crippen LogP) is 1.49. The molecular weight excluding hydrogens is 352 g/mol. The van der Waals surface area contributed by atoms with Crippen LogP contribution in [0, 0.1) is 5.92 Å². The standard InChI is InChI=1S/C14H18N4O4S2/c1-10(2)12(19)16-13-17-18-14(23-13)24(20,21)15-8-9-22-11-6-4-3-5-7-11/h3-7,10,15H,8-9H2,1-2H3,(H,16,17,19). The molecule has 0 fully saturated rings. The minimum Gasteiger partial charge on any atom is -0.492 e. The number of aromatic nitrogens is 2. The maximum Gasteiger partial charge on any atom is 0.269 e. The van der Waals surface area contributed by atoms with Crippen molar-refractivity contribution in [3.8, 4) is 5.75 Å². The number of hydrogen-bond acceptors (Lipinski definition) is 7. The highest BCUT2D eigenvalue weighted by atomic mass is 32.2. The predicted molar refractivity (Wildman–Crippen MR) is 90.5 cm³/mol. The van der Waals surface area contributed by atoms with Gasteiger partial charge >= 0.3 is 0 Å². The van der Waals surface area contributed by atoms with Crippen molar-refractivity contribution in [3.63, 3.8) is 0 Å². The zero-order valence-corrected chi connectivity index (χ0v) is 14.9. The number of amides is 1. The highest BCUT2D eigenvalue weighted by Crippen LogP contribution is 2.20. The van der Waals surface area contributed by atoms with Gasteiger partial charge in [0, 0.05) is 12.5 Å². The van der Waals surface area contributed by atoms with E-state index < -0.39 is 10.0 Å². The zero-order valence-electron chi connectivity index (χ0n) is 13.2. The number of carbonyl (C=O) groups excluding carboxylic acids is 1. The molecule has 1 aromatic heterocycles. The Morgan fingerprint density at radius 2 is 1.96 bits per heavy atom. The molecule has 0 radical (unpaired) electrons. The first-order valence-electron chi connectivity index (χ1n) is 7.20. The Bertz CT molecular complexity index is 775. The van der Waals surface area contributed by atoms with E-state index in [-0.39, 0.29) is 34.4 Å². The van der Waals surface area contributed by atoms with Gasteiger partial charge in [0.05, 0.1) is 0 Å². The number of nitrogens with zero attached hydrogens (tertiary/aromatic N) is 2. The smallest absolute Gasteiger partial charge is 0.269 e. The van der Waals surface area contributed by atoms with E-state index in [4.69, 9.17) is 4.74 Å². The SMILES string of the molecule is CC(C)C(=O)Nc1nnc(S(=O)(=O)NCCOc2ccccc2)s1. The molecule has 1 aromatic carbocycles. The van der Waals surface area contributed by atoms with Gasteiger partial charge in [-0.15, -0.1) is 10.2 Å². The summed E-state index contributed by atoms with van der Waals surface area (Å²) in [5.74, 6) is 0.174. The third kappa shape index (κ3) is 5.25. The van der Waals surface area contributed by atoms with Crippen LogP contribution in [0.1, 0.15) is 13.8 Å². The largest absolute Gasteiger partial charge is 0.492 e. The molecule has 2 N–H and O–H groups in total. The molecule has 1 amide bonds. The zero-order chi connectivity index (χ0) is 17.6. The molecule has 2 rings (SSSR count). The average molecular weight is 370 g/mol. The van der Waals surface area contributed by atoms with Crippen LogP contribution in [0.5, 0.6) is 5.75 Å². The van der Waals surface area contributed by atoms with E-state index in [9.17, 15) is 13.2 Å². The van der Waals surface area contributed by atoms with E-state index in [1.54, 1.807) is 26.0 Å². The van der Waals surface area contributed by atoms with Crippen LogP contribution in [-0.2, 0) is 14.8 Å². The van der Waals surface area contributed by atoms with E-state index in [1.165, 1.54) is 0 Å². The molecule has 2 aromatic rings. The summed E-state index contributed by atoms with van der Waals surface area (Å²) >= 11 is 0.795. The number of nitrogens with one attached hydrogen (secondary N) is 2. The van der Waals surface area contributed by atoms with Gasteiger partial charge in [0.15, 0.2) is 0 Å². The lowest BCUT2D eigenvalue weighted by Gasteiger charge is -2.06. The number of para-hydroxylation sites is 1. The van der Waals surface area contributed by atoms with Gasteiger partial charge in [-0.2, -0.15) is 0 Å². The Hall–Kier alpha value is -2.04. The first kappa shape index (κ1) is 18.3. The lowest BCUT2D eigenvalue weighted by atomic mass is 10.2. The van der Waals surface area contributed by atoms with Gasteiger partial charge < -0.3 is 10.1 Å². The Balaban J connectivity index is 1.86. The molecule has 0 aliphatic rings. The first-order valence-corrected chi connectivity index (χ1v) is 9.50. The van der Waals surface area contributed by atoms with Crippen molar-refractivity contribution in [2.24, 2.45) is 5.92 Å². The molecule has 0 spiro atoms. The second kappa shape index (κ2) is 8.18. The molecule has 0 saturated heterocycles. The van der Waals surface area contributed by atoms with E-state index in [1.807, 2.05) is 18.2 Å². The minimum atomic E-state index is -3.79. The average Bonchev–Trinajstić information content (AvgIpc) is 3.02. The fourth-order valence-corrected chi connectivity index (χ4v) is 3.50. The van der Waals surface area contributed by atoms with E-state index in [0.29, 0.717) is 5.75 Å². The molecule has 10 heteroatoms. The number of hydrogen-bond donors (Lipinski definition) is 2. The van der Waals surface area contributed by atoms with Crippen molar-refractivity contribution in [1.29, 1.82) is 0 Å². The molecule has 0 bridgehead atoms. The van der Waals surface area contributed by atoms with Gasteiger partial charge in [-0.25, -0.2) is 13.1 Å². The molecule has 0 aliphatic heterocycles. The fraction of sp³-hybridized carbons (Fsp3) is 0.357. The number of rotatable bonds is 8. The van der Waals surface area contributed by atoms with Crippen molar-refractivity contribution in [1.82, 2.24) is 14.9 Å². The molecule has 1 heterocycles. The summed E-state index contributed by atoms with van der Waals surface area (Å²) in [5, 5.41) is 9.93. The summed E-state index contributed by atoms with van der Waals surface area (Å²) in [5.41, 5.74) is 0. The molecule has 8 nitrogen and oxygen atoms in total. The van der Waals surface area contributed by atoms with Crippen LogP contribution >= 0.6 is 11.3 Å². The van der Waals surface area contributed by atoms with Gasteiger partial charge in [-0.05, 0) is 12.1 Å². The normalized spacial score (nSPS) is 11.5. The summed E-state index contributed by atoms with van der Waals surface area (Å²) in [6.45, 7) is 3.72. The van der Waals surface area contributed by atoms with Crippen LogP contribution in [0.2, 0.25) is 0 Å². The molecule has 0 unspecified atom stereocenters. The lowest BCUT2D eigenvalue weighted by Crippen LogP contribution is -2.28. The van der Waals surface area contributed by atoms with Gasteiger partial charge in [0.2, 0.25) is 15.4 Å². The Kier molecular flexibility index (Phi) is 6.23. The van der Waals surface area contributed by atoms with Crippen molar-refractivity contribution < 1.29 is 17.9 Å². The van der Waals surface area contributed by atoms with Crippen LogP contribution < -0.4 is 14.8 Å². The fourth-order valence-electron chi connectivity index (χ4n) is 1.54. The molecule has 0 aliphatic carbocycles. The van der Waals surface area contributed by atoms with Crippen LogP contribution in [0.4, 0.5) is 5.13 Å². The maximum absolute atomic E-state index is 12.1. The summed E-state index contributed by atoms with van der Waals surface area (Å²) in [4.78, 5) is 11.6. The molecule has 0 atom stereocenters. The molecule has 24 heavy (non-hydrogen) atoms. The van der Waals surface area contributed by atoms with Crippen molar-refractivity contribution in [2.45, 2.75) is 18.2 Å². The van der Waals surface area contributed by atoms with Gasteiger partial charge in [-0.3, -0.25) is 4.79 Å². The molecule has 0 saturated carbocycles. The van der Waals surface area contributed by atoms with E-state index in [0.717, 1.165) is 11.3 Å². The number of carbonyl (C=O) groups is 1. The molecular formula is C14H18N4O4S2.